The van der Waals surface area contributed by atoms with Crippen molar-refractivity contribution in [1.29, 1.82) is 0 Å². The molecule has 0 aliphatic rings. The topological polar surface area (TPSA) is 26.3 Å². The number of esters is 1. The van der Waals surface area contributed by atoms with Crippen LogP contribution in [0, 0.1) is 0 Å². The predicted octanol–water partition coefficient (Wildman–Crippen LogP) is 9.38. The third kappa shape index (κ3) is 20.1. The van der Waals surface area contributed by atoms with Gasteiger partial charge in [-0.1, -0.05) is 69.8 Å². The Kier molecular flexibility index (Phi) is 18.2. The van der Waals surface area contributed by atoms with Gasteiger partial charge < -0.3 is 4.74 Å². The number of rotatable bonds is 16. The summed E-state index contributed by atoms with van der Waals surface area (Å²) >= 11 is 5.38. The normalized spacial score (nSPS) is 13.4. The second-order valence-corrected chi connectivity index (χ2v) is 9.02. The lowest BCUT2D eigenvalue weighted by atomic mass is 10.0. The van der Waals surface area contributed by atoms with Crippen molar-refractivity contribution in [2.45, 2.75) is 106 Å². The molecule has 0 aliphatic heterocycles. The zero-order valence-electron chi connectivity index (χ0n) is 20.9. The van der Waals surface area contributed by atoms with Crippen LogP contribution in [0.2, 0.25) is 0 Å². The maximum Gasteiger partial charge on any atom is 0.307 e. The van der Waals surface area contributed by atoms with Crippen LogP contribution in [-0.4, -0.2) is 12.0 Å². The maximum absolute atomic E-state index is 11.3. The third-order valence-corrected chi connectivity index (χ3v) is 5.35. The molecule has 0 aromatic rings. The summed E-state index contributed by atoms with van der Waals surface area (Å²) in [6, 6.07) is -0.0616. The third-order valence-electron chi connectivity index (χ3n) is 5.25. The summed E-state index contributed by atoms with van der Waals surface area (Å²) in [7, 11) is 0. The van der Waals surface area contributed by atoms with Crippen LogP contribution < -0.4 is 0 Å². The van der Waals surface area contributed by atoms with Crippen LogP contribution in [0.4, 0.5) is 0 Å². The number of halogens is 1. The number of hydrogen-bond acceptors (Lipinski definition) is 2. The van der Waals surface area contributed by atoms with Gasteiger partial charge in [0.1, 0.15) is 0 Å². The van der Waals surface area contributed by atoms with E-state index in [0.717, 1.165) is 51.4 Å². The Labute approximate surface area is 197 Å². The average Bonchev–Trinajstić information content (AvgIpc) is 2.69. The maximum atomic E-state index is 11.3. The van der Waals surface area contributed by atoms with Crippen LogP contribution in [0.3, 0.4) is 0 Å². The Balaban J connectivity index is 4.05. The summed E-state index contributed by atoms with van der Waals surface area (Å²) < 4.78 is 4.74. The number of unbranched alkanes of at least 4 members (excludes halogenated alkanes) is 1. The Morgan fingerprint density at radius 1 is 0.581 bits per heavy atom. The van der Waals surface area contributed by atoms with E-state index in [4.69, 9.17) is 16.3 Å². The lowest BCUT2D eigenvalue weighted by Crippen LogP contribution is -2.02. The van der Waals surface area contributed by atoms with Crippen LogP contribution in [0.25, 0.3) is 0 Å². The molecule has 0 amide bonds. The largest absolute Gasteiger partial charge is 0.449 e. The van der Waals surface area contributed by atoms with E-state index >= 15 is 0 Å². The number of carbonyl (C=O) groups excluding carboxylic acids is 1. The van der Waals surface area contributed by atoms with Gasteiger partial charge in [0.2, 0.25) is 0 Å². The van der Waals surface area contributed by atoms with Gasteiger partial charge in [0.25, 0.3) is 0 Å². The second kappa shape index (κ2) is 19.2. The Morgan fingerprint density at radius 3 is 1.39 bits per heavy atom. The molecule has 0 rings (SSSR count). The van der Waals surface area contributed by atoms with Crippen molar-refractivity contribution in [2.75, 3.05) is 6.07 Å². The molecule has 0 saturated carbocycles. The van der Waals surface area contributed by atoms with Crippen molar-refractivity contribution in [2.24, 2.45) is 0 Å². The van der Waals surface area contributed by atoms with Crippen LogP contribution in [0.15, 0.2) is 58.2 Å². The van der Waals surface area contributed by atoms with Gasteiger partial charge >= 0.3 is 5.97 Å². The Hall–Kier alpha value is -1.54. The van der Waals surface area contributed by atoms with Crippen molar-refractivity contribution >= 4 is 17.6 Å². The minimum atomic E-state index is -0.229. The molecular weight excluding hydrogens is 404 g/mol. The van der Waals surface area contributed by atoms with Gasteiger partial charge in [0.15, 0.2) is 6.07 Å². The van der Waals surface area contributed by atoms with E-state index in [2.05, 4.69) is 71.9 Å². The molecule has 0 bridgehead atoms. The lowest BCUT2D eigenvalue weighted by molar-refractivity contribution is -0.141. The Bertz CT molecular complexity index is 658. The number of hydrogen-bond donors (Lipinski definition) is 0. The fourth-order valence-electron chi connectivity index (χ4n) is 3.18. The minimum absolute atomic E-state index is 0.0616. The first-order chi connectivity index (χ1) is 14.7. The summed E-state index contributed by atoms with van der Waals surface area (Å²) in [5, 5.41) is 0. The molecule has 3 heteroatoms. The molecule has 0 aromatic heterocycles. The standard InChI is InChI=1S/C28H45ClO2/c1-23(2)12-9-15-26(5)18-10-16-24(3)13-7-8-14-25(4)17-11-19-27(6)20-21-28(30)31-22-29/h12-14,18-19H,7-11,15-17,20-22H2,1-6H3/b24-13+,25-14+,26-18+,27-19+. The van der Waals surface area contributed by atoms with Crippen molar-refractivity contribution < 1.29 is 9.53 Å². The molecule has 0 spiro atoms. The van der Waals surface area contributed by atoms with Crippen LogP contribution >= 0.6 is 11.6 Å². The van der Waals surface area contributed by atoms with E-state index < -0.39 is 0 Å². The molecule has 0 atom stereocenters. The molecule has 0 heterocycles. The zero-order valence-corrected chi connectivity index (χ0v) is 21.6. The van der Waals surface area contributed by atoms with Crippen molar-refractivity contribution in [3.8, 4) is 0 Å². The first-order valence-corrected chi connectivity index (χ1v) is 12.3. The van der Waals surface area contributed by atoms with Gasteiger partial charge in [-0.15, -0.1) is 0 Å². The van der Waals surface area contributed by atoms with Gasteiger partial charge in [-0.3, -0.25) is 4.79 Å². The number of allylic oxidation sites excluding steroid dienone is 10. The Morgan fingerprint density at radius 2 is 0.968 bits per heavy atom. The highest BCUT2D eigenvalue weighted by molar-refractivity contribution is 6.17. The molecule has 0 fully saturated rings. The molecule has 31 heavy (non-hydrogen) atoms. The molecule has 0 N–H and O–H groups in total. The molecule has 0 unspecified atom stereocenters. The monoisotopic (exact) mass is 448 g/mol. The van der Waals surface area contributed by atoms with Crippen LogP contribution in [-0.2, 0) is 9.53 Å². The highest BCUT2D eigenvalue weighted by atomic mass is 35.5. The molecule has 0 aliphatic carbocycles. The molecular formula is C28H45ClO2. The highest BCUT2D eigenvalue weighted by Gasteiger charge is 2.02. The first kappa shape index (κ1) is 29.5. The summed E-state index contributed by atoms with van der Waals surface area (Å²) in [5.41, 5.74) is 7.07. The molecule has 0 saturated heterocycles. The molecule has 176 valence electrons. The minimum Gasteiger partial charge on any atom is -0.449 e. The summed E-state index contributed by atoms with van der Waals surface area (Å²) in [6.07, 6.45) is 21.8. The lowest BCUT2D eigenvalue weighted by Gasteiger charge is -2.03. The predicted molar refractivity (Wildman–Crippen MR) is 137 cm³/mol. The van der Waals surface area contributed by atoms with E-state index in [0.29, 0.717) is 6.42 Å². The summed E-state index contributed by atoms with van der Waals surface area (Å²) in [6.45, 7) is 13.1. The van der Waals surface area contributed by atoms with Gasteiger partial charge in [-0.05, 0) is 99.3 Å². The fraction of sp³-hybridized carbons (Fsp3) is 0.607. The van der Waals surface area contributed by atoms with Crippen LogP contribution in [0.5, 0.6) is 0 Å². The number of alkyl halides is 1. The van der Waals surface area contributed by atoms with Gasteiger partial charge in [-0.25, -0.2) is 0 Å². The van der Waals surface area contributed by atoms with E-state index in [1.54, 1.807) is 0 Å². The quantitative estimate of drug-likeness (QED) is 0.102. The van der Waals surface area contributed by atoms with Gasteiger partial charge in [0.05, 0.1) is 0 Å². The molecule has 0 aromatic carbocycles. The molecule has 0 radical (unpaired) electrons. The van der Waals surface area contributed by atoms with Crippen molar-refractivity contribution in [1.82, 2.24) is 0 Å². The number of ether oxygens (including phenoxy) is 1. The highest BCUT2D eigenvalue weighted by Crippen LogP contribution is 2.14. The van der Waals surface area contributed by atoms with E-state index in [1.807, 2.05) is 0 Å². The van der Waals surface area contributed by atoms with E-state index in [1.165, 1.54) is 34.3 Å². The number of carbonyl (C=O) groups is 1. The summed E-state index contributed by atoms with van der Waals surface area (Å²) in [5.74, 6) is -0.229. The van der Waals surface area contributed by atoms with E-state index in [-0.39, 0.29) is 12.0 Å². The first-order valence-electron chi connectivity index (χ1n) is 11.7. The van der Waals surface area contributed by atoms with Crippen molar-refractivity contribution in [3.63, 3.8) is 0 Å². The van der Waals surface area contributed by atoms with Gasteiger partial charge in [0, 0.05) is 6.42 Å². The van der Waals surface area contributed by atoms with Crippen LogP contribution in [0.1, 0.15) is 106 Å². The van der Waals surface area contributed by atoms with E-state index in [9.17, 15) is 4.79 Å². The zero-order chi connectivity index (χ0) is 23.5. The molecule has 2 nitrogen and oxygen atoms in total. The summed E-state index contributed by atoms with van der Waals surface area (Å²) in [4.78, 5) is 11.3. The average molecular weight is 449 g/mol. The van der Waals surface area contributed by atoms with Crippen molar-refractivity contribution in [3.05, 3.63) is 58.2 Å². The SMILES string of the molecule is CC(C)=CCC/C(C)=C/CC/C(C)=C/CC/C=C(\C)CC/C=C(\C)CCC(=O)OCCl. The smallest absolute Gasteiger partial charge is 0.307 e. The second-order valence-electron chi connectivity index (χ2n) is 8.80. The fourth-order valence-corrected chi connectivity index (χ4v) is 3.30. The van der Waals surface area contributed by atoms with Gasteiger partial charge in [-0.2, -0.15) is 0 Å².